The van der Waals surface area contributed by atoms with Gasteiger partial charge in [0.05, 0.1) is 28.2 Å². The van der Waals surface area contributed by atoms with Gasteiger partial charge in [0.2, 0.25) is 5.88 Å². The molecule has 3 N–H and O–H groups in total. The second-order valence-corrected chi connectivity index (χ2v) is 10.2. The van der Waals surface area contributed by atoms with Crippen LogP contribution < -0.4 is 20.7 Å². The first kappa shape index (κ1) is 24.1. The zero-order chi connectivity index (χ0) is 26.4. The van der Waals surface area contributed by atoms with Gasteiger partial charge in [0.15, 0.2) is 5.82 Å². The molecule has 37 heavy (non-hydrogen) atoms. The second-order valence-electron chi connectivity index (χ2n) is 10.2. The van der Waals surface area contributed by atoms with Crippen molar-refractivity contribution in [2.75, 3.05) is 30.5 Å². The van der Waals surface area contributed by atoms with Crippen LogP contribution in [0.1, 0.15) is 35.4 Å². The minimum atomic E-state index is -4.82. The largest absolute Gasteiger partial charge is 0.475 e. The van der Waals surface area contributed by atoms with Crippen molar-refractivity contribution in [3.63, 3.8) is 0 Å². The first-order valence-corrected chi connectivity index (χ1v) is 12.0. The van der Waals surface area contributed by atoms with Crippen molar-refractivity contribution in [1.29, 1.82) is 0 Å². The molecule has 2 saturated heterocycles. The Morgan fingerprint density at radius 2 is 1.92 bits per heavy atom. The Morgan fingerprint density at radius 3 is 2.62 bits per heavy atom. The zero-order valence-corrected chi connectivity index (χ0v) is 20.4. The second kappa shape index (κ2) is 7.86. The van der Waals surface area contributed by atoms with Crippen LogP contribution in [0.15, 0.2) is 6.07 Å². The van der Waals surface area contributed by atoms with Crippen LogP contribution in [0.2, 0.25) is 0 Å². The zero-order valence-electron chi connectivity index (χ0n) is 20.4. The lowest BCUT2D eigenvalue weighted by Gasteiger charge is -2.45. The molecule has 196 valence electrons. The van der Waals surface area contributed by atoms with Crippen LogP contribution in [-0.2, 0) is 6.18 Å². The van der Waals surface area contributed by atoms with Gasteiger partial charge in [-0.25, -0.2) is 23.7 Å². The minimum absolute atomic E-state index is 0.0160. The van der Waals surface area contributed by atoms with Gasteiger partial charge in [-0.3, -0.25) is 0 Å². The van der Waals surface area contributed by atoms with Crippen molar-refractivity contribution in [3.05, 3.63) is 34.4 Å². The normalized spacial score (nSPS) is 24.7. The van der Waals surface area contributed by atoms with Crippen molar-refractivity contribution in [2.45, 2.75) is 57.4 Å². The molecule has 6 rings (SSSR count). The van der Waals surface area contributed by atoms with Crippen molar-refractivity contribution in [1.82, 2.24) is 20.3 Å². The number of nitrogen functional groups attached to an aromatic ring is 1. The van der Waals surface area contributed by atoms with Gasteiger partial charge < -0.3 is 20.7 Å². The van der Waals surface area contributed by atoms with Gasteiger partial charge >= 0.3 is 6.18 Å². The fourth-order valence-corrected chi connectivity index (χ4v) is 6.11. The highest BCUT2D eigenvalue weighted by molar-refractivity contribution is 6.01. The summed E-state index contributed by atoms with van der Waals surface area (Å²) in [5.41, 5.74) is 3.48. The topological polar surface area (TPSA) is 89.2 Å². The number of fused-ring (bicyclic) bond motifs is 5. The van der Waals surface area contributed by atoms with Gasteiger partial charge in [0.25, 0.3) is 0 Å². The number of piperazine rings is 1. The third-order valence-corrected chi connectivity index (χ3v) is 7.96. The predicted molar refractivity (Wildman–Crippen MR) is 128 cm³/mol. The van der Waals surface area contributed by atoms with Gasteiger partial charge in [-0.2, -0.15) is 13.2 Å². The Balaban J connectivity index is 1.65. The number of pyridine rings is 3. The summed E-state index contributed by atoms with van der Waals surface area (Å²) >= 11 is 0. The number of aromatic nitrogens is 3. The van der Waals surface area contributed by atoms with Crippen molar-refractivity contribution in [2.24, 2.45) is 0 Å². The van der Waals surface area contributed by atoms with E-state index in [0.717, 1.165) is 12.5 Å². The van der Waals surface area contributed by atoms with E-state index in [9.17, 15) is 17.6 Å². The Bertz CT molecular complexity index is 1460. The summed E-state index contributed by atoms with van der Waals surface area (Å²) in [7, 11) is 0. The molecule has 0 aromatic carbocycles. The number of nitrogens with one attached hydrogen (secondary N) is 1. The molecule has 3 aromatic rings. The van der Waals surface area contributed by atoms with E-state index < -0.39 is 41.0 Å². The minimum Gasteiger partial charge on any atom is -0.475 e. The molecule has 0 amide bonds. The first-order valence-electron chi connectivity index (χ1n) is 12.0. The van der Waals surface area contributed by atoms with E-state index in [0.29, 0.717) is 30.0 Å². The van der Waals surface area contributed by atoms with E-state index in [2.05, 4.69) is 15.3 Å². The molecule has 3 aliphatic rings. The molecule has 0 saturated carbocycles. The number of alkyl halides is 4. The number of nitrogens with zero attached hydrogens (tertiary/aromatic N) is 4. The van der Waals surface area contributed by atoms with Gasteiger partial charge in [0, 0.05) is 29.2 Å². The predicted octanol–water partition coefficient (Wildman–Crippen LogP) is 4.40. The average molecular weight is 521 g/mol. The number of hydrogen-bond acceptors (Lipinski definition) is 7. The molecule has 12 heteroatoms. The van der Waals surface area contributed by atoms with E-state index in [1.807, 2.05) is 4.90 Å². The van der Waals surface area contributed by atoms with E-state index in [4.69, 9.17) is 15.5 Å². The Hall–Kier alpha value is -3.28. The Morgan fingerprint density at radius 1 is 1.16 bits per heavy atom. The smallest absolute Gasteiger partial charge is 0.418 e. The molecule has 3 atom stereocenters. The monoisotopic (exact) mass is 520 g/mol. The van der Waals surface area contributed by atoms with Crippen LogP contribution in [0.5, 0.6) is 5.88 Å². The molecule has 2 bridgehead atoms. The van der Waals surface area contributed by atoms with Crippen LogP contribution in [0.3, 0.4) is 0 Å². The summed E-state index contributed by atoms with van der Waals surface area (Å²) in [5.74, 6) is -0.731. The maximum atomic E-state index is 16.3. The van der Waals surface area contributed by atoms with Crippen LogP contribution in [0.4, 0.5) is 33.6 Å². The number of halogens is 5. The molecular formula is C25H25F5N6O. The van der Waals surface area contributed by atoms with E-state index in [-0.39, 0.29) is 46.9 Å². The summed E-state index contributed by atoms with van der Waals surface area (Å²) in [4.78, 5) is 14.7. The summed E-state index contributed by atoms with van der Waals surface area (Å²) in [6.07, 6.45) is -3.44. The van der Waals surface area contributed by atoms with E-state index in [1.54, 1.807) is 13.8 Å². The molecule has 0 radical (unpaired) electrons. The lowest BCUT2D eigenvalue weighted by molar-refractivity contribution is -0.137. The van der Waals surface area contributed by atoms with Crippen LogP contribution >= 0.6 is 0 Å². The highest BCUT2D eigenvalue weighted by Crippen LogP contribution is 2.47. The lowest BCUT2D eigenvalue weighted by Crippen LogP contribution is -2.66. The number of ether oxygens (including phenoxy) is 1. The summed E-state index contributed by atoms with van der Waals surface area (Å²) in [6.45, 7) is 4.41. The molecule has 0 aliphatic carbocycles. The molecule has 3 aliphatic heterocycles. The summed E-state index contributed by atoms with van der Waals surface area (Å²) in [6, 6.07) is 0.670. The van der Waals surface area contributed by atoms with Gasteiger partial charge in [0.1, 0.15) is 30.6 Å². The van der Waals surface area contributed by atoms with E-state index >= 15 is 4.39 Å². The third kappa shape index (κ3) is 3.44. The van der Waals surface area contributed by atoms with Gasteiger partial charge in [-0.15, -0.1) is 0 Å². The van der Waals surface area contributed by atoms with Gasteiger partial charge in [-0.1, -0.05) is 0 Å². The molecule has 3 unspecified atom stereocenters. The highest BCUT2D eigenvalue weighted by atomic mass is 19.4. The Kier molecular flexibility index (Phi) is 5.11. The number of hydrogen-bond donors (Lipinski definition) is 2. The highest BCUT2D eigenvalue weighted by Gasteiger charge is 2.51. The quantitative estimate of drug-likeness (QED) is 0.485. The maximum absolute atomic E-state index is 16.3. The number of aryl methyl sites for hydroxylation is 3. The van der Waals surface area contributed by atoms with Crippen LogP contribution in [0.25, 0.3) is 22.0 Å². The first-order chi connectivity index (χ1) is 17.4. The number of anilines is 2. The molecular weight excluding hydrogens is 495 g/mol. The molecule has 7 nitrogen and oxygen atoms in total. The standard InChI is InChI=1S/C25H25F5N6O/c1-10-11(2)33-22-18-17(10)20(27)21(13-6-16(31)32-12(3)19(13)25(28,29)30)34-23(18)37-7-15-14-4-5-24(8-26,35-14)9-36(15)22/h6,14-15,35H,4-5,7-9H2,1-3H3,(H2,31,32). The maximum Gasteiger partial charge on any atom is 0.418 e. The van der Waals surface area contributed by atoms with Crippen LogP contribution in [0, 0.1) is 26.6 Å². The summed E-state index contributed by atoms with van der Waals surface area (Å²) < 4.78 is 78.8. The van der Waals surface area contributed by atoms with E-state index in [1.165, 1.54) is 6.92 Å². The average Bonchev–Trinajstić information content (AvgIpc) is 3.10. The fraction of sp³-hybridized carbons (Fsp3) is 0.480. The Labute approximate surface area is 209 Å². The van der Waals surface area contributed by atoms with Crippen molar-refractivity contribution >= 4 is 22.4 Å². The number of nitrogens with two attached hydrogens (primary N) is 1. The van der Waals surface area contributed by atoms with Gasteiger partial charge in [-0.05, 0) is 45.2 Å². The molecule has 3 aromatic heterocycles. The SMILES string of the molecule is Cc1nc(N)cc(-c2nc3c4c(nc(C)c(C)c4c2F)N2CC4(CF)CCC(N4)C2CO3)c1C(F)(F)F. The van der Waals surface area contributed by atoms with Crippen molar-refractivity contribution < 1.29 is 26.7 Å². The molecule has 0 spiro atoms. The van der Waals surface area contributed by atoms with Crippen molar-refractivity contribution in [3.8, 4) is 17.1 Å². The molecule has 6 heterocycles. The lowest BCUT2D eigenvalue weighted by atomic mass is 9.96. The third-order valence-electron chi connectivity index (χ3n) is 7.96. The van der Waals surface area contributed by atoms with Crippen LogP contribution in [-0.4, -0.2) is 52.4 Å². The molecule has 2 fully saturated rings. The number of rotatable bonds is 2. The fourth-order valence-electron chi connectivity index (χ4n) is 6.11. The summed E-state index contributed by atoms with van der Waals surface area (Å²) in [5, 5.41) is 3.73.